The molecule has 1 aliphatic rings. The molecule has 0 saturated carbocycles. The molecular weight excluding hydrogens is 202 g/mol. The van der Waals surface area contributed by atoms with Gasteiger partial charge in [-0.15, -0.1) is 0 Å². The quantitative estimate of drug-likeness (QED) is 0.801. The summed E-state index contributed by atoms with van der Waals surface area (Å²) in [5.41, 5.74) is 0.332. The summed E-state index contributed by atoms with van der Waals surface area (Å²) in [6, 6.07) is 0.343. The number of amides is 1. The molecule has 1 fully saturated rings. The normalized spacial score (nSPS) is 18.4. The van der Waals surface area contributed by atoms with E-state index >= 15 is 0 Å². The third kappa shape index (κ3) is 6.11. The van der Waals surface area contributed by atoms with Gasteiger partial charge in [0, 0.05) is 25.7 Å². The highest BCUT2D eigenvalue weighted by Crippen LogP contribution is 2.21. The zero-order valence-corrected chi connectivity index (χ0v) is 10.8. The van der Waals surface area contributed by atoms with Gasteiger partial charge in [-0.3, -0.25) is 4.79 Å². The van der Waals surface area contributed by atoms with Gasteiger partial charge in [-0.2, -0.15) is 0 Å². The van der Waals surface area contributed by atoms with Crippen LogP contribution in [0.15, 0.2) is 0 Å². The molecule has 3 heteroatoms. The highest BCUT2D eigenvalue weighted by Gasteiger charge is 2.16. The van der Waals surface area contributed by atoms with E-state index in [1.165, 1.54) is 0 Å². The smallest absolute Gasteiger partial charge is 0.220 e. The first-order valence-electron chi connectivity index (χ1n) is 6.34. The molecule has 0 spiro atoms. The van der Waals surface area contributed by atoms with Crippen LogP contribution in [-0.2, 0) is 9.53 Å². The molecule has 0 aliphatic carbocycles. The Balaban J connectivity index is 2.10. The molecule has 0 aromatic carbocycles. The summed E-state index contributed by atoms with van der Waals surface area (Å²) in [6.45, 7) is 8.20. The monoisotopic (exact) mass is 227 g/mol. The van der Waals surface area contributed by atoms with Gasteiger partial charge < -0.3 is 10.1 Å². The predicted molar refractivity (Wildman–Crippen MR) is 65.3 cm³/mol. The van der Waals surface area contributed by atoms with Gasteiger partial charge >= 0.3 is 0 Å². The van der Waals surface area contributed by atoms with Crippen molar-refractivity contribution in [2.24, 2.45) is 5.41 Å². The molecule has 0 aromatic heterocycles. The summed E-state index contributed by atoms with van der Waals surface area (Å²) in [5.74, 6) is 0.205. The Morgan fingerprint density at radius 1 is 1.31 bits per heavy atom. The van der Waals surface area contributed by atoms with Gasteiger partial charge in [0.05, 0.1) is 0 Å². The minimum atomic E-state index is 0.205. The van der Waals surface area contributed by atoms with E-state index in [0.717, 1.165) is 38.9 Å². The first-order chi connectivity index (χ1) is 7.47. The van der Waals surface area contributed by atoms with E-state index in [1.807, 2.05) is 0 Å². The molecule has 0 atom stereocenters. The fourth-order valence-corrected chi connectivity index (χ4v) is 1.92. The van der Waals surface area contributed by atoms with Crippen LogP contribution < -0.4 is 5.32 Å². The lowest BCUT2D eigenvalue weighted by Crippen LogP contribution is -2.38. The van der Waals surface area contributed by atoms with Gasteiger partial charge in [-0.05, 0) is 31.1 Å². The van der Waals surface area contributed by atoms with Gasteiger partial charge in [0.2, 0.25) is 5.91 Å². The van der Waals surface area contributed by atoms with Crippen LogP contribution in [0.3, 0.4) is 0 Å². The molecule has 0 radical (unpaired) electrons. The summed E-state index contributed by atoms with van der Waals surface area (Å²) < 4.78 is 5.26. The number of rotatable bonds is 4. The molecule has 3 nitrogen and oxygen atoms in total. The topological polar surface area (TPSA) is 38.3 Å². The summed E-state index contributed by atoms with van der Waals surface area (Å²) in [4.78, 5) is 11.6. The lowest BCUT2D eigenvalue weighted by atomic mass is 9.90. The van der Waals surface area contributed by atoms with Crippen LogP contribution in [0.5, 0.6) is 0 Å². The van der Waals surface area contributed by atoms with Gasteiger partial charge in [0.15, 0.2) is 0 Å². The average Bonchev–Trinajstić information content (AvgIpc) is 2.17. The second-order valence-corrected chi connectivity index (χ2v) is 5.87. The summed E-state index contributed by atoms with van der Waals surface area (Å²) in [6.07, 6.45) is 4.68. The lowest BCUT2D eigenvalue weighted by molar-refractivity contribution is -0.122. The Morgan fingerprint density at radius 3 is 2.50 bits per heavy atom. The Bertz CT molecular complexity index is 214. The number of hydrogen-bond donors (Lipinski definition) is 1. The summed E-state index contributed by atoms with van der Waals surface area (Å²) in [7, 11) is 0. The first-order valence-corrected chi connectivity index (χ1v) is 6.34. The van der Waals surface area contributed by atoms with Crippen LogP contribution in [0.1, 0.15) is 52.9 Å². The van der Waals surface area contributed by atoms with Crippen molar-refractivity contribution in [3.63, 3.8) is 0 Å². The Hall–Kier alpha value is -0.570. The van der Waals surface area contributed by atoms with Crippen molar-refractivity contribution in [2.45, 2.75) is 58.9 Å². The zero-order chi connectivity index (χ0) is 12.0. The number of carbonyl (C=O) groups is 1. The van der Waals surface area contributed by atoms with Crippen LogP contribution in [-0.4, -0.2) is 25.2 Å². The highest BCUT2D eigenvalue weighted by atomic mass is 16.5. The molecule has 1 aliphatic heterocycles. The zero-order valence-electron chi connectivity index (χ0n) is 10.8. The minimum absolute atomic E-state index is 0.205. The fourth-order valence-electron chi connectivity index (χ4n) is 1.92. The second kappa shape index (κ2) is 6.24. The largest absolute Gasteiger partial charge is 0.381 e. The van der Waals surface area contributed by atoms with Crippen molar-refractivity contribution in [1.82, 2.24) is 5.32 Å². The van der Waals surface area contributed by atoms with E-state index in [1.54, 1.807) is 0 Å². The number of carbonyl (C=O) groups excluding carboxylic acids is 1. The lowest BCUT2D eigenvalue weighted by Gasteiger charge is -2.23. The van der Waals surface area contributed by atoms with Gasteiger partial charge in [-0.1, -0.05) is 20.8 Å². The highest BCUT2D eigenvalue weighted by molar-refractivity contribution is 5.76. The SMILES string of the molecule is CC(C)(C)CCCC(=O)NC1CCOCC1. The number of ether oxygens (including phenoxy) is 1. The van der Waals surface area contributed by atoms with Gasteiger partial charge in [0.1, 0.15) is 0 Å². The van der Waals surface area contributed by atoms with Crippen LogP contribution in [0.4, 0.5) is 0 Å². The molecule has 0 unspecified atom stereocenters. The first kappa shape index (κ1) is 13.5. The van der Waals surface area contributed by atoms with Gasteiger partial charge in [-0.25, -0.2) is 0 Å². The predicted octanol–water partition coefficient (Wildman–Crippen LogP) is 2.50. The second-order valence-electron chi connectivity index (χ2n) is 5.87. The average molecular weight is 227 g/mol. The van der Waals surface area contributed by atoms with Crippen molar-refractivity contribution in [1.29, 1.82) is 0 Å². The van der Waals surface area contributed by atoms with Crippen molar-refractivity contribution < 1.29 is 9.53 Å². The number of nitrogens with one attached hydrogen (secondary N) is 1. The maximum Gasteiger partial charge on any atom is 0.220 e. The van der Waals surface area contributed by atoms with E-state index in [4.69, 9.17) is 4.74 Å². The molecule has 1 rings (SSSR count). The minimum Gasteiger partial charge on any atom is -0.381 e. The molecule has 0 bridgehead atoms. The van der Waals surface area contributed by atoms with Crippen molar-refractivity contribution in [3.05, 3.63) is 0 Å². The van der Waals surface area contributed by atoms with Gasteiger partial charge in [0.25, 0.3) is 0 Å². The molecule has 0 aromatic rings. The van der Waals surface area contributed by atoms with E-state index in [-0.39, 0.29) is 5.91 Å². The standard InChI is InChI=1S/C13H25NO2/c1-13(2,3)8-4-5-12(15)14-11-6-9-16-10-7-11/h11H,4-10H2,1-3H3,(H,14,15). The van der Waals surface area contributed by atoms with E-state index in [9.17, 15) is 4.79 Å². The fraction of sp³-hybridized carbons (Fsp3) is 0.923. The molecule has 94 valence electrons. The molecule has 1 amide bonds. The summed E-state index contributed by atoms with van der Waals surface area (Å²) >= 11 is 0. The van der Waals surface area contributed by atoms with E-state index in [2.05, 4.69) is 26.1 Å². The Kier molecular flexibility index (Phi) is 5.26. The van der Waals surface area contributed by atoms with Crippen LogP contribution in [0, 0.1) is 5.41 Å². The molecular formula is C13H25NO2. The van der Waals surface area contributed by atoms with Crippen LogP contribution >= 0.6 is 0 Å². The van der Waals surface area contributed by atoms with Crippen LogP contribution in [0.2, 0.25) is 0 Å². The van der Waals surface area contributed by atoms with E-state index < -0.39 is 0 Å². The Morgan fingerprint density at radius 2 is 1.94 bits per heavy atom. The maximum atomic E-state index is 11.6. The molecule has 1 N–H and O–H groups in total. The molecule has 16 heavy (non-hydrogen) atoms. The third-order valence-corrected chi connectivity index (χ3v) is 2.92. The third-order valence-electron chi connectivity index (χ3n) is 2.92. The molecule has 1 heterocycles. The summed E-state index contributed by atoms with van der Waals surface area (Å²) in [5, 5.41) is 3.09. The van der Waals surface area contributed by atoms with Crippen molar-refractivity contribution in [2.75, 3.05) is 13.2 Å². The maximum absolute atomic E-state index is 11.6. The molecule has 1 saturated heterocycles. The van der Waals surface area contributed by atoms with Crippen LogP contribution in [0.25, 0.3) is 0 Å². The van der Waals surface area contributed by atoms with E-state index in [0.29, 0.717) is 17.9 Å². The number of hydrogen-bond acceptors (Lipinski definition) is 2. The van der Waals surface area contributed by atoms with Crippen molar-refractivity contribution >= 4 is 5.91 Å². The van der Waals surface area contributed by atoms with Crippen molar-refractivity contribution in [3.8, 4) is 0 Å². The Labute approximate surface area is 98.9 Å².